The third-order valence-corrected chi connectivity index (χ3v) is 3.48. The highest BCUT2D eigenvalue weighted by Crippen LogP contribution is 2.48. The average Bonchev–Trinajstić information content (AvgIpc) is 2.95. The van der Waals surface area contributed by atoms with Crippen molar-refractivity contribution in [2.24, 2.45) is 5.73 Å². The van der Waals surface area contributed by atoms with Gasteiger partial charge in [-0.3, -0.25) is 0 Å². The largest absolute Gasteiger partial charge is 0.416 e. The molecule has 1 fully saturated rings. The average molecular weight is 261 g/mol. The molecule has 2 unspecified atom stereocenters. The number of hydrogen-bond donors (Lipinski definition) is 1. The zero-order valence-corrected chi connectivity index (χ0v) is 9.97. The van der Waals surface area contributed by atoms with Crippen LogP contribution in [0.25, 0.3) is 0 Å². The Bertz CT molecular complexity index is 435. The second kappa shape index (κ2) is 4.23. The molecule has 100 valence electrons. The smallest absolute Gasteiger partial charge is 0.324 e. The molecule has 18 heavy (non-hydrogen) atoms. The van der Waals surface area contributed by atoms with Gasteiger partial charge in [0.05, 0.1) is 5.56 Å². The molecule has 5 heteroatoms. The summed E-state index contributed by atoms with van der Waals surface area (Å²) < 4.78 is 51.5. The van der Waals surface area contributed by atoms with Crippen molar-refractivity contribution in [1.82, 2.24) is 0 Å². The topological polar surface area (TPSA) is 26.0 Å². The summed E-state index contributed by atoms with van der Waals surface area (Å²) >= 11 is 0. The molecule has 0 amide bonds. The number of benzene rings is 1. The molecule has 0 spiro atoms. The lowest BCUT2D eigenvalue weighted by atomic mass is 9.85. The Labute approximate surface area is 103 Å². The van der Waals surface area contributed by atoms with Crippen molar-refractivity contribution in [3.05, 3.63) is 35.4 Å². The van der Waals surface area contributed by atoms with E-state index in [1.54, 1.807) is 0 Å². The SMILES string of the molecule is CC(F)C(c1cccc(C(F)(F)F)c1)C1(N)CC1. The standard InChI is InChI=1S/C13H15F4N/c1-8(14)11(12(18)5-6-12)9-3-2-4-10(7-9)13(15,16)17/h2-4,7-8,11H,5-6,18H2,1H3. The molecule has 1 nitrogen and oxygen atoms in total. The highest BCUT2D eigenvalue weighted by Gasteiger charge is 2.49. The molecule has 1 aliphatic carbocycles. The van der Waals surface area contributed by atoms with E-state index in [0.29, 0.717) is 18.4 Å². The first-order valence-electron chi connectivity index (χ1n) is 5.84. The van der Waals surface area contributed by atoms with E-state index in [0.717, 1.165) is 12.1 Å². The van der Waals surface area contributed by atoms with Crippen LogP contribution < -0.4 is 5.73 Å². The Morgan fingerprint density at radius 1 is 1.28 bits per heavy atom. The van der Waals surface area contributed by atoms with Crippen LogP contribution in [0.5, 0.6) is 0 Å². The van der Waals surface area contributed by atoms with Gasteiger partial charge in [-0.2, -0.15) is 13.2 Å². The number of nitrogens with two attached hydrogens (primary N) is 1. The molecule has 1 aliphatic rings. The summed E-state index contributed by atoms with van der Waals surface area (Å²) in [7, 11) is 0. The van der Waals surface area contributed by atoms with Crippen LogP contribution in [0.1, 0.15) is 36.8 Å². The zero-order chi connectivity index (χ0) is 13.6. The fraction of sp³-hybridized carbons (Fsp3) is 0.538. The van der Waals surface area contributed by atoms with E-state index in [2.05, 4.69) is 0 Å². The van der Waals surface area contributed by atoms with Crippen molar-refractivity contribution in [2.75, 3.05) is 0 Å². The third kappa shape index (κ3) is 2.51. The first-order chi connectivity index (χ1) is 8.24. The van der Waals surface area contributed by atoms with Crippen molar-refractivity contribution < 1.29 is 17.6 Å². The van der Waals surface area contributed by atoms with Gasteiger partial charge < -0.3 is 5.73 Å². The van der Waals surface area contributed by atoms with E-state index < -0.39 is 29.4 Å². The Morgan fingerprint density at radius 3 is 2.33 bits per heavy atom. The van der Waals surface area contributed by atoms with Crippen LogP contribution in [-0.2, 0) is 6.18 Å². The summed E-state index contributed by atoms with van der Waals surface area (Å²) in [5.74, 6) is -0.667. The summed E-state index contributed by atoms with van der Waals surface area (Å²) in [6, 6.07) is 4.81. The van der Waals surface area contributed by atoms with E-state index in [-0.39, 0.29) is 0 Å². The van der Waals surface area contributed by atoms with E-state index >= 15 is 0 Å². The van der Waals surface area contributed by atoms with Gasteiger partial charge in [-0.25, -0.2) is 4.39 Å². The summed E-state index contributed by atoms with van der Waals surface area (Å²) in [5, 5.41) is 0. The maximum Gasteiger partial charge on any atom is 0.416 e. The lowest BCUT2D eigenvalue weighted by Crippen LogP contribution is -2.35. The minimum absolute atomic E-state index is 0.333. The second-order valence-electron chi connectivity index (χ2n) is 5.01. The van der Waals surface area contributed by atoms with Gasteiger partial charge in [-0.1, -0.05) is 18.2 Å². The van der Waals surface area contributed by atoms with E-state index in [1.165, 1.54) is 19.1 Å². The van der Waals surface area contributed by atoms with E-state index in [1.807, 2.05) is 0 Å². The number of alkyl halides is 4. The van der Waals surface area contributed by atoms with Gasteiger partial charge in [0.1, 0.15) is 6.17 Å². The molecule has 0 saturated heterocycles. The quantitative estimate of drug-likeness (QED) is 0.826. The van der Waals surface area contributed by atoms with Crippen LogP contribution in [0.4, 0.5) is 17.6 Å². The molecule has 2 rings (SSSR count). The van der Waals surface area contributed by atoms with Gasteiger partial charge in [0, 0.05) is 11.5 Å². The lowest BCUT2D eigenvalue weighted by molar-refractivity contribution is -0.137. The molecule has 2 N–H and O–H groups in total. The Morgan fingerprint density at radius 2 is 1.89 bits per heavy atom. The molecule has 0 bridgehead atoms. The predicted octanol–water partition coefficient (Wildman–Crippen LogP) is 3.64. The molecular weight excluding hydrogens is 246 g/mol. The van der Waals surface area contributed by atoms with Crippen LogP contribution in [0.15, 0.2) is 24.3 Å². The van der Waals surface area contributed by atoms with Crippen LogP contribution in [0.2, 0.25) is 0 Å². The lowest BCUT2D eigenvalue weighted by Gasteiger charge is -2.26. The number of halogens is 4. The molecule has 1 aromatic carbocycles. The molecule has 0 radical (unpaired) electrons. The molecular formula is C13H15F4N. The Kier molecular flexibility index (Phi) is 3.13. The Hall–Kier alpha value is -1.10. The highest BCUT2D eigenvalue weighted by molar-refractivity contribution is 5.33. The molecule has 1 saturated carbocycles. The predicted molar refractivity (Wildman–Crippen MR) is 60.9 cm³/mol. The minimum atomic E-state index is -4.41. The van der Waals surface area contributed by atoms with Gasteiger partial charge in [0.25, 0.3) is 0 Å². The van der Waals surface area contributed by atoms with E-state index in [4.69, 9.17) is 5.73 Å². The maximum absolute atomic E-state index is 13.7. The Balaban J connectivity index is 2.37. The summed E-state index contributed by atoms with van der Waals surface area (Å²) in [6.07, 6.45) is -4.36. The zero-order valence-electron chi connectivity index (χ0n) is 9.97. The first kappa shape index (κ1) is 13.3. The molecule has 0 heterocycles. The van der Waals surface area contributed by atoms with Crippen molar-refractivity contribution in [1.29, 1.82) is 0 Å². The van der Waals surface area contributed by atoms with Crippen molar-refractivity contribution in [3.63, 3.8) is 0 Å². The van der Waals surface area contributed by atoms with Crippen molar-refractivity contribution >= 4 is 0 Å². The van der Waals surface area contributed by atoms with Gasteiger partial charge in [-0.15, -0.1) is 0 Å². The summed E-state index contributed by atoms with van der Waals surface area (Å²) in [4.78, 5) is 0. The van der Waals surface area contributed by atoms with Crippen molar-refractivity contribution in [3.8, 4) is 0 Å². The van der Waals surface area contributed by atoms with Crippen LogP contribution in [-0.4, -0.2) is 11.7 Å². The van der Waals surface area contributed by atoms with Gasteiger partial charge >= 0.3 is 6.18 Å². The first-order valence-corrected chi connectivity index (χ1v) is 5.84. The fourth-order valence-corrected chi connectivity index (χ4v) is 2.42. The second-order valence-corrected chi connectivity index (χ2v) is 5.01. The van der Waals surface area contributed by atoms with Crippen LogP contribution in [0, 0.1) is 0 Å². The highest BCUT2D eigenvalue weighted by atomic mass is 19.4. The number of hydrogen-bond acceptors (Lipinski definition) is 1. The van der Waals surface area contributed by atoms with Gasteiger partial charge in [0.15, 0.2) is 0 Å². The number of rotatable bonds is 3. The van der Waals surface area contributed by atoms with Gasteiger partial charge in [-0.05, 0) is 31.4 Å². The summed E-state index contributed by atoms with van der Waals surface area (Å²) in [6.45, 7) is 1.35. The maximum atomic E-state index is 13.7. The summed E-state index contributed by atoms with van der Waals surface area (Å²) in [5.41, 5.74) is 4.86. The third-order valence-electron chi connectivity index (χ3n) is 3.48. The van der Waals surface area contributed by atoms with Crippen LogP contribution in [0.3, 0.4) is 0 Å². The molecule has 0 aromatic heterocycles. The van der Waals surface area contributed by atoms with E-state index in [9.17, 15) is 17.6 Å². The monoisotopic (exact) mass is 261 g/mol. The minimum Gasteiger partial charge on any atom is -0.324 e. The normalized spacial score (nSPS) is 21.4. The molecule has 0 aliphatic heterocycles. The molecule has 2 atom stereocenters. The van der Waals surface area contributed by atoms with Crippen LogP contribution >= 0.6 is 0 Å². The molecule has 1 aromatic rings. The van der Waals surface area contributed by atoms with Gasteiger partial charge in [0.2, 0.25) is 0 Å². The fourth-order valence-electron chi connectivity index (χ4n) is 2.42. The van der Waals surface area contributed by atoms with Crippen molar-refractivity contribution in [2.45, 2.75) is 43.6 Å².